The molecule has 2 aromatic carbocycles. The summed E-state index contributed by atoms with van der Waals surface area (Å²) in [5.74, 6) is -0.309. The van der Waals surface area contributed by atoms with Crippen molar-refractivity contribution in [1.82, 2.24) is 4.57 Å². The van der Waals surface area contributed by atoms with Crippen molar-refractivity contribution >= 4 is 22.8 Å². The van der Waals surface area contributed by atoms with Crippen LogP contribution in [0.1, 0.15) is 16.9 Å². The van der Waals surface area contributed by atoms with Gasteiger partial charge in [0.15, 0.2) is 0 Å². The average molecular weight is 401 g/mol. The molecule has 1 N–H and O–H groups in total. The fourth-order valence-electron chi connectivity index (χ4n) is 3.09. The maximum atomic E-state index is 12.4. The van der Waals surface area contributed by atoms with Crippen LogP contribution in [-0.2, 0) is 17.9 Å². The molecule has 0 aliphatic heterocycles. The average Bonchev–Trinajstić information content (AvgIpc) is 3.14. The Balaban J connectivity index is 1.39. The highest BCUT2D eigenvalue weighted by Crippen LogP contribution is 2.16. The summed E-state index contributed by atoms with van der Waals surface area (Å²) in [5, 5.41) is 10.9. The molecule has 0 radical (unpaired) electrons. The first-order valence-corrected chi connectivity index (χ1v) is 9.36. The summed E-state index contributed by atoms with van der Waals surface area (Å²) in [4.78, 5) is 22.9. The van der Waals surface area contributed by atoms with Crippen LogP contribution >= 0.6 is 0 Å². The van der Waals surface area contributed by atoms with Crippen LogP contribution in [-0.4, -0.2) is 15.6 Å². The van der Waals surface area contributed by atoms with Gasteiger partial charge >= 0.3 is 5.97 Å². The summed E-state index contributed by atoms with van der Waals surface area (Å²) < 4.78 is 13.2. The number of aromatic nitrogens is 1. The molecule has 0 bridgehead atoms. The molecule has 0 unspecified atom stereocenters. The van der Waals surface area contributed by atoms with E-state index < -0.39 is 5.97 Å². The summed E-state index contributed by atoms with van der Waals surface area (Å²) in [6, 6.07) is 16.7. The van der Waals surface area contributed by atoms with E-state index in [4.69, 9.17) is 14.3 Å². The fourth-order valence-corrected chi connectivity index (χ4v) is 3.09. The van der Waals surface area contributed by atoms with Gasteiger partial charge in [-0.1, -0.05) is 48.5 Å². The van der Waals surface area contributed by atoms with Crippen LogP contribution in [0.25, 0.3) is 16.8 Å². The second-order valence-corrected chi connectivity index (χ2v) is 6.84. The third-order valence-electron chi connectivity index (χ3n) is 4.59. The Kier molecular flexibility index (Phi) is 5.48. The second-order valence-electron chi connectivity index (χ2n) is 6.84. The van der Waals surface area contributed by atoms with Crippen LogP contribution in [0.2, 0.25) is 0 Å². The molecule has 0 saturated heterocycles. The van der Waals surface area contributed by atoms with Crippen LogP contribution in [0.15, 0.2) is 88.5 Å². The SMILES string of the molecule is O=C(O)/C=C/c1ccc(COc2coc(Cn3cc4ccccc4c3)cc2=O)cc1. The quantitative estimate of drug-likeness (QED) is 0.467. The zero-order valence-corrected chi connectivity index (χ0v) is 16.0. The van der Waals surface area contributed by atoms with E-state index in [2.05, 4.69) is 0 Å². The molecule has 4 rings (SSSR count). The van der Waals surface area contributed by atoms with Gasteiger partial charge in [-0.25, -0.2) is 4.79 Å². The van der Waals surface area contributed by atoms with Gasteiger partial charge < -0.3 is 18.8 Å². The van der Waals surface area contributed by atoms with Gasteiger partial charge in [-0.3, -0.25) is 4.79 Å². The lowest BCUT2D eigenvalue weighted by molar-refractivity contribution is -0.131. The normalized spacial score (nSPS) is 11.2. The lowest BCUT2D eigenvalue weighted by atomic mass is 10.1. The van der Waals surface area contributed by atoms with Crippen molar-refractivity contribution in [2.45, 2.75) is 13.2 Å². The maximum Gasteiger partial charge on any atom is 0.328 e. The smallest absolute Gasteiger partial charge is 0.328 e. The fraction of sp³-hybridized carbons (Fsp3) is 0.0833. The van der Waals surface area contributed by atoms with Crippen molar-refractivity contribution in [2.24, 2.45) is 0 Å². The van der Waals surface area contributed by atoms with E-state index in [1.165, 1.54) is 18.4 Å². The topological polar surface area (TPSA) is 81.7 Å². The molecule has 2 heterocycles. The first-order chi connectivity index (χ1) is 14.6. The van der Waals surface area contributed by atoms with Gasteiger partial charge in [0, 0.05) is 24.5 Å². The molecule has 0 atom stereocenters. The summed E-state index contributed by atoms with van der Waals surface area (Å²) in [6.45, 7) is 0.658. The van der Waals surface area contributed by atoms with Crippen LogP contribution in [0.4, 0.5) is 0 Å². The number of hydrogen-bond acceptors (Lipinski definition) is 4. The highest BCUT2D eigenvalue weighted by Gasteiger charge is 2.07. The van der Waals surface area contributed by atoms with Crippen molar-refractivity contribution in [3.63, 3.8) is 0 Å². The number of ether oxygens (including phenoxy) is 1. The van der Waals surface area contributed by atoms with Gasteiger partial charge in [-0.15, -0.1) is 0 Å². The molecule has 4 aromatic rings. The maximum absolute atomic E-state index is 12.4. The largest absolute Gasteiger partial charge is 0.482 e. The van der Waals surface area contributed by atoms with Crippen molar-refractivity contribution in [3.8, 4) is 5.75 Å². The minimum Gasteiger partial charge on any atom is -0.482 e. The van der Waals surface area contributed by atoms with Gasteiger partial charge in [-0.2, -0.15) is 0 Å². The number of nitrogens with zero attached hydrogens (tertiary/aromatic N) is 1. The number of carbonyl (C=O) groups is 1. The summed E-state index contributed by atoms with van der Waals surface area (Å²) >= 11 is 0. The highest BCUT2D eigenvalue weighted by molar-refractivity contribution is 5.85. The summed E-state index contributed by atoms with van der Waals surface area (Å²) in [5.41, 5.74) is 1.38. The molecule has 2 aromatic heterocycles. The Morgan fingerprint density at radius 2 is 1.77 bits per heavy atom. The Morgan fingerprint density at radius 1 is 1.07 bits per heavy atom. The molecular formula is C24H19NO5. The first kappa shape index (κ1) is 19.3. The van der Waals surface area contributed by atoms with Crippen LogP contribution in [0.3, 0.4) is 0 Å². The number of hydrogen-bond donors (Lipinski definition) is 1. The van der Waals surface area contributed by atoms with Gasteiger partial charge in [0.05, 0.1) is 6.54 Å². The molecule has 6 nitrogen and oxygen atoms in total. The minimum atomic E-state index is -0.998. The summed E-state index contributed by atoms with van der Waals surface area (Å²) in [6.07, 6.45) is 7.94. The standard InChI is InChI=1S/C24H19NO5/c26-22-11-21(14-25-12-19-3-1-2-4-20(19)13-25)29-16-23(22)30-15-18-7-5-17(6-8-18)9-10-24(27)28/h1-13,16H,14-15H2,(H,27,28)/b10-9+. The second kappa shape index (κ2) is 8.53. The molecule has 6 heteroatoms. The highest BCUT2D eigenvalue weighted by atomic mass is 16.5. The summed E-state index contributed by atoms with van der Waals surface area (Å²) in [7, 11) is 0. The Labute approximate surface area is 172 Å². The molecule has 0 fully saturated rings. The Hall–Kier alpha value is -4.06. The van der Waals surface area contributed by atoms with Crippen molar-refractivity contribution in [2.75, 3.05) is 0 Å². The lowest BCUT2D eigenvalue weighted by Gasteiger charge is -2.07. The third-order valence-corrected chi connectivity index (χ3v) is 4.59. The van der Waals surface area contributed by atoms with Gasteiger partial charge in [0.1, 0.15) is 18.6 Å². The van der Waals surface area contributed by atoms with E-state index >= 15 is 0 Å². The van der Waals surface area contributed by atoms with E-state index in [0.717, 1.165) is 28.0 Å². The molecule has 150 valence electrons. The monoisotopic (exact) mass is 401 g/mol. The van der Waals surface area contributed by atoms with Crippen LogP contribution in [0, 0.1) is 0 Å². The van der Waals surface area contributed by atoms with E-state index in [0.29, 0.717) is 12.3 Å². The molecule has 0 spiro atoms. The predicted molar refractivity (Wildman–Crippen MR) is 113 cm³/mol. The predicted octanol–water partition coefficient (Wildman–Crippen LogP) is 4.32. The van der Waals surface area contributed by atoms with Crippen molar-refractivity contribution < 1.29 is 19.1 Å². The van der Waals surface area contributed by atoms with Gasteiger partial charge in [0.25, 0.3) is 0 Å². The van der Waals surface area contributed by atoms with E-state index in [1.54, 1.807) is 12.1 Å². The molecule has 0 amide bonds. The Bertz CT molecular complexity index is 1230. The number of rotatable bonds is 7. The molecular weight excluding hydrogens is 382 g/mol. The zero-order chi connectivity index (χ0) is 20.9. The lowest BCUT2D eigenvalue weighted by Crippen LogP contribution is -2.09. The number of benzene rings is 2. The van der Waals surface area contributed by atoms with Crippen molar-refractivity contribution in [1.29, 1.82) is 0 Å². The molecule has 30 heavy (non-hydrogen) atoms. The van der Waals surface area contributed by atoms with Crippen LogP contribution < -0.4 is 10.2 Å². The molecule has 0 aliphatic rings. The molecule has 0 saturated carbocycles. The van der Waals surface area contributed by atoms with E-state index in [-0.39, 0.29) is 17.8 Å². The van der Waals surface area contributed by atoms with Crippen molar-refractivity contribution in [3.05, 3.63) is 106 Å². The number of fused-ring (bicyclic) bond motifs is 1. The number of carboxylic acid groups (broad SMARTS) is 1. The third kappa shape index (κ3) is 4.67. The number of carboxylic acids is 1. The Morgan fingerprint density at radius 3 is 2.40 bits per heavy atom. The zero-order valence-electron chi connectivity index (χ0n) is 16.0. The minimum absolute atomic E-state index is 0.145. The van der Waals surface area contributed by atoms with Crippen LogP contribution in [0.5, 0.6) is 5.75 Å². The van der Waals surface area contributed by atoms with Gasteiger partial charge in [-0.05, 0) is 28.0 Å². The van der Waals surface area contributed by atoms with E-state index in [1.807, 2.05) is 53.4 Å². The number of aliphatic carboxylic acids is 1. The van der Waals surface area contributed by atoms with E-state index in [9.17, 15) is 9.59 Å². The first-order valence-electron chi connectivity index (χ1n) is 9.36. The molecule has 0 aliphatic carbocycles. The van der Waals surface area contributed by atoms with Gasteiger partial charge in [0.2, 0.25) is 11.2 Å².